The fourth-order valence-electron chi connectivity index (χ4n) is 1.12. The van der Waals surface area contributed by atoms with Crippen molar-refractivity contribution >= 4 is 17.6 Å². The van der Waals surface area contributed by atoms with Gasteiger partial charge >= 0.3 is 5.97 Å². The smallest absolute Gasteiger partial charge is 0.335 e. The lowest BCUT2D eigenvalue weighted by atomic mass is 10.2. The van der Waals surface area contributed by atoms with Crippen LogP contribution in [0.3, 0.4) is 0 Å². The molecular weight excluding hydrogens is 218 g/mol. The quantitative estimate of drug-likeness (QED) is 0.620. The third kappa shape index (κ3) is 3.85. The zero-order valence-electron chi connectivity index (χ0n) is 8.36. The lowest BCUT2D eigenvalue weighted by Crippen LogP contribution is -2.04. The van der Waals surface area contributed by atoms with Gasteiger partial charge in [-0.25, -0.2) is 9.78 Å². The Balaban J connectivity index is 2.75. The van der Waals surface area contributed by atoms with Crippen molar-refractivity contribution in [2.24, 2.45) is 0 Å². The standard InChI is InChI=1S/C10H12ClNO3/c1-2-15-4-3-8-5-7(10(13)14)6-9(11)12-8/h5-6H,2-4H2,1H3,(H,13,14). The number of carboxylic acid groups (broad SMARTS) is 1. The molecule has 1 N–H and O–H groups in total. The highest BCUT2D eigenvalue weighted by molar-refractivity contribution is 6.29. The van der Waals surface area contributed by atoms with Crippen LogP contribution in [0.2, 0.25) is 5.15 Å². The molecule has 0 fully saturated rings. The van der Waals surface area contributed by atoms with Crippen molar-refractivity contribution in [3.63, 3.8) is 0 Å². The molecule has 0 aliphatic rings. The van der Waals surface area contributed by atoms with Crippen LogP contribution in [-0.4, -0.2) is 29.3 Å². The Hall–Kier alpha value is -1.13. The second kappa shape index (κ2) is 5.68. The molecule has 1 aromatic rings. The molecule has 15 heavy (non-hydrogen) atoms. The summed E-state index contributed by atoms with van der Waals surface area (Å²) in [6.07, 6.45) is 0.564. The first-order valence-corrected chi connectivity index (χ1v) is 4.98. The van der Waals surface area contributed by atoms with Crippen LogP contribution in [0.15, 0.2) is 12.1 Å². The van der Waals surface area contributed by atoms with Gasteiger partial charge < -0.3 is 9.84 Å². The summed E-state index contributed by atoms with van der Waals surface area (Å²) in [7, 11) is 0. The summed E-state index contributed by atoms with van der Waals surface area (Å²) in [5.41, 5.74) is 0.787. The molecule has 0 amide bonds. The predicted molar refractivity (Wildman–Crippen MR) is 56.4 cm³/mol. The maximum absolute atomic E-state index is 10.7. The van der Waals surface area contributed by atoms with Crippen LogP contribution in [0.5, 0.6) is 0 Å². The van der Waals surface area contributed by atoms with Crippen molar-refractivity contribution in [2.45, 2.75) is 13.3 Å². The van der Waals surface area contributed by atoms with E-state index in [1.807, 2.05) is 6.92 Å². The fraction of sp³-hybridized carbons (Fsp3) is 0.400. The normalized spacial score (nSPS) is 10.3. The molecular formula is C10H12ClNO3. The number of ether oxygens (including phenoxy) is 1. The summed E-state index contributed by atoms with van der Waals surface area (Å²) in [4.78, 5) is 14.7. The molecule has 0 radical (unpaired) electrons. The number of carboxylic acids is 1. The summed E-state index contributed by atoms with van der Waals surface area (Å²) in [5.74, 6) is -1.00. The van der Waals surface area contributed by atoms with E-state index in [-0.39, 0.29) is 10.7 Å². The maximum atomic E-state index is 10.7. The third-order valence-corrected chi connectivity index (χ3v) is 1.99. The van der Waals surface area contributed by atoms with Gasteiger partial charge in [-0.2, -0.15) is 0 Å². The first kappa shape index (κ1) is 11.9. The molecule has 0 aliphatic heterocycles. The minimum atomic E-state index is -1.00. The van der Waals surface area contributed by atoms with E-state index in [1.54, 1.807) is 0 Å². The van der Waals surface area contributed by atoms with Gasteiger partial charge in [0, 0.05) is 18.7 Å². The maximum Gasteiger partial charge on any atom is 0.335 e. The average molecular weight is 230 g/mol. The molecule has 1 heterocycles. The second-order valence-electron chi connectivity index (χ2n) is 2.92. The molecule has 0 aromatic carbocycles. The van der Waals surface area contributed by atoms with Crippen LogP contribution in [0.1, 0.15) is 23.0 Å². The van der Waals surface area contributed by atoms with Crippen LogP contribution in [0.4, 0.5) is 0 Å². The molecule has 0 spiro atoms. The van der Waals surface area contributed by atoms with Gasteiger partial charge in [0.25, 0.3) is 0 Å². The first-order valence-electron chi connectivity index (χ1n) is 4.61. The highest BCUT2D eigenvalue weighted by Crippen LogP contribution is 2.11. The van der Waals surface area contributed by atoms with Crippen molar-refractivity contribution < 1.29 is 14.6 Å². The van der Waals surface area contributed by atoms with Crippen molar-refractivity contribution in [1.29, 1.82) is 0 Å². The Morgan fingerprint density at radius 3 is 2.93 bits per heavy atom. The van der Waals surface area contributed by atoms with Gasteiger partial charge in [0.05, 0.1) is 12.2 Å². The number of aromatic carboxylic acids is 1. The lowest BCUT2D eigenvalue weighted by Gasteiger charge is -2.03. The van der Waals surface area contributed by atoms with Gasteiger partial charge in [0.2, 0.25) is 0 Å². The number of pyridine rings is 1. The van der Waals surface area contributed by atoms with Crippen molar-refractivity contribution in [3.8, 4) is 0 Å². The van der Waals surface area contributed by atoms with Gasteiger partial charge in [0.1, 0.15) is 5.15 Å². The Morgan fingerprint density at radius 1 is 1.60 bits per heavy atom. The Morgan fingerprint density at radius 2 is 2.33 bits per heavy atom. The Bertz CT molecular complexity index is 355. The average Bonchev–Trinajstić information content (AvgIpc) is 2.17. The van der Waals surface area contributed by atoms with E-state index in [4.69, 9.17) is 21.4 Å². The highest BCUT2D eigenvalue weighted by Gasteiger charge is 2.07. The predicted octanol–water partition coefficient (Wildman–Crippen LogP) is 2.01. The zero-order valence-corrected chi connectivity index (χ0v) is 9.12. The minimum absolute atomic E-state index is 0.154. The molecule has 0 atom stereocenters. The second-order valence-corrected chi connectivity index (χ2v) is 3.31. The van der Waals surface area contributed by atoms with Gasteiger partial charge in [-0.05, 0) is 19.1 Å². The molecule has 0 bridgehead atoms. The molecule has 1 aromatic heterocycles. The number of nitrogens with zero attached hydrogens (tertiary/aromatic N) is 1. The monoisotopic (exact) mass is 229 g/mol. The van der Waals surface area contributed by atoms with Crippen LogP contribution >= 0.6 is 11.6 Å². The van der Waals surface area contributed by atoms with Crippen LogP contribution < -0.4 is 0 Å². The number of hydrogen-bond donors (Lipinski definition) is 1. The molecule has 0 saturated heterocycles. The van der Waals surface area contributed by atoms with E-state index >= 15 is 0 Å². The zero-order chi connectivity index (χ0) is 11.3. The van der Waals surface area contributed by atoms with E-state index in [0.717, 1.165) is 0 Å². The summed E-state index contributed by atoms with van der Waals surface area (Å²) in [5, 5.41) is 8.98. The molecule has 5 heteroatoms. The number of halogens is 1. The first-order chi connectivity index (χ1) is 7.13. The Labute approximate surface area is 92.8 Å². The minimum Gasteiger partial charge on any atom is -0.478 e. The largest absolute Gasteiger partial charge is 0.478 e. The van der Waals surface area contributed by atoms with Gasteiger partial charge in [-0.15, -0.1) is 0 Å². The summed E-state index contributed by atoms with van der Waals surface area (Å²) in [6, 6.07) is 2.83. The van der Waals surface area contributed by atoms with Crippen molar-refractivity contribution in [2.75, 3.05) is 13.2 Å². The number of carbonyl (C=O) groups is 1. The highest BCUT2D eigenvalue weighted by atomic mass is 35.5. The Kier molecular flexibility index (Phi) is 4.52. The van der Waals surface area contributed by atoms with Crippen molar-refractivity contribution in [1.82, 2.24) is 4.98 Å². The molecule has 0 saturated carbocycles. The van der Waals surface area contributed by atoms with Crippen LogP contribution in [0.25, 0.3) is 0 Å². The molecule has 82 valence electrons. The van der Waals surface area contributed by atoms with Gasteiger partial charge in [-0.1, -0.05) is 11.6 Å². The van der Waals surface area contributed by atoms with Crippen LogP contribution in [-0.2, 0) is 11.2 Å². The topological polar surface area (TPSA) is 59.4 Å². The number of rotatable bonds is 5. The molecule has 4 nitrogen and oxygen atoms in total. The fourth-order valence-corrected chi connectivity index (χ4v) is 1.35. The molecule has 0 unspecified atom stereocenters. The van der Waals surface area contributed by atoms with E-state index in [0.29, 0.717) is 25.3 Å². The van der Waals surface area contributed by atoms with E-state index in [1.165, 1.54) is 12.1 Å². The molecule has 0 aliphatic carbocycles. The third-order valence-electron chi connectivity index (χ3n) is 1.80. The number of aromatic nitrogens is 1. The SMILES string of the molecule is CCOCCc1cc(C(=O)O)cc(Cl)n1. The lowest BCUT2D eigenvalue weighted by molar-refractivity contribution is 0.0696. The summed E-state index contributed by atoms with van der Waals surface area (Å²) >= 11 is 5.69. The van der Waals surface area contributed by atoms with E-state index < -0.39 is 5.97 Å². The van der Waals surface area contributed by atoms with E-state index in [2.05, 4.69) is 4.98 Å². The molecule has 1 rings (SSSR count). The van der Waals surface area contributed by atoms with Gasteiger partial charge in [-0.3, -0.25) is 0 Å². The van der Waals surface area contributed by atoms with Gasteiger partial charge in [0.15, 0.2) is 0 Å². The van der Waals surface area contributed by atoms with Crippen LogP contribution in [0, 0.1) is 0 Å². The summed E-state index contributed by atoms with van der Waals surface area (Å²) < 4.78 is 5.15. The van der Waals surface area contributed by atoms with E-state index in [9.17, 15) is 4.79 Å². The van der Waals surface area contributed by atoms with Crippen molar-refractivity contribution in [3.05, 3.63) is 28.5 Å². The number of hydrogen-bond acceptors (Lipinski definition) is 3. The summed E-state index contributed by atoms with van der Waals surface area (Å²) in [6.45, 7) is 3.04.